The molecular weight excluding hydrogens is 438 g/mol. The number of hydrogen-bond donors (Lipinski definition) is 1. The third-order valence-electron chi connectivity index (χ3n) is 5.46. The molecule has 8 heteroatoms. The minimum atomic E-state index is -0.574. The van der Waals surface area contributed by atoms with E-state index < -0.39 is 5.91 Å². The average molecular weight is 468 g/mol. The summed E-state index contributed by atoms with van der Waals surface area (Å²) in [6, 6.07) is 11.7. The lowest BCUT2D eigenvalue weighted by Crippen LogP contribution is -2.40. The van der Waals surface area contributed by atoms with E-state index in [1.54, 1.807) is 14.2 Å². The van der Waals surface area contributed by atoms with Crippen LogP contribution in [0.4, 0.5) is 0 Å². The van der Waals surface area contributed by atoms with E-state index in [0.717, 1.165) is 26.6 Å². The van der Waals surface area contributed by atoms with Crippen molar-refractivity contribution in [1.29, 1.82) is 0 Å². The van der Waals surface area contributed by atoms with Crippen LogP contribution in [-0.4, -0.2) is 49.0 Å². The number of benzene rings is 2. The Morgan fingerprint density at radius 2 is 1.73 bits per heavy atom. The van der Waals surface area contributed by atoms with Crippen LogP contribution in [-0.2, 0) is 11.2 Å². The lowest BCUT2D eigenvalue weighted by Gasteiger charge is -2.21. The molecule has 3 aromatic rings. The zero-order valence-electron chi connectivity index (χ0n) is 19.6. The molecule has 0 atom stereocenters. The van der Waals surface area contributed by atoms with E-state index in [4.69, 9.17) is 15.2 Å². The molecule has 7 nitrogen and oxygen atoms in total. The quantitative estimate of drug-likeness (QED) is 0.515. The fourth-order valence-corrected chi connectivity index (χ4v) is 4.45. The number of methoxy groups -OCH3 is 2. The first-order chi connectivity index (χ1) is 15.7. The standard InChI is InChI=1S/C25H29N3O4S/c1-15-6-8-19(12-16(15)2)24-23(27-17(3)33-24)25(30)28(14-22(26)29)11-10-18-7-9-20(31-4)21(13-18)32-5/h6-9,12-13H,10-11,14H2,1-5H3,(H2,26,29). The highest BCUT2D eigenvalue weighted by molar-refractivity contribution is 7.15. The van der Waals surface area contributed by atoms with Gasteiger partial charge in [-0.05, 0) is 61.6 Å². The SMILES string of the molecule is COc1ccc(CCN(CC(N)=O)C(=O)c2nc(C)sc2-c2ccc(C)c(C)c2)cc1OC. The molecule has 0 unspecified atom stereocenters. The predicted molar refractivity (Wildman–Crippen MR) is 130 cm³/mol. The van der Waals surface area contributed by atoms with Gasteiger partial charge in [0.05, 0.1) is 30.6 Å². The maximum atomic E-state index is 13.5. The number of primary amides is 1. The molecule has 1 heterocycles. The van der Waals surface area contributed by atoms with Gasteiger partial charge in [-0.15, -0.1) is 11.3 Å². The molecule has 33 heavy (non-hydrogen) atoms. The predicted octanol–water partition coefficient (Wildman–Crippen LogP) is 3.92. The van der Waals surface area contributed by atoms with Crippen molar-refractivity contribution in [2.24, 2.45) is 5.73 Å². The van der Waals surface area contributed by atoms with Crippen molar-refractivity contribution in [3.8, 4) is 21.9 Å². The molecule has 3 rings (SSSR count). The summed E-state index contributed by atoms with van der Waals surface area (Å²) in [6.45, 7) is 6.08. The summed E-state index contributed by atoms with van der Waals surface area (Å²) in [4.78, 5) is 32.0. The number of carbonyl (C=O) groups excluding carboxylic acids is 2. The van der Waals surface area contributed by atoms with Crippen molar-refractivity contribution in [1.82, 2.24) is 9.88 Å². The minimum Gasteiger partial charge on any atom is -0.493 e. The molecule has 0 aliphatic heterocycles. The van der Waals surface area contributed by atoms with Crippen molar-refractivity contribution in [2.75, 3.05) is 27.3 Å². The Hall–Kier alpha value is -3.39. The summed E-state index contributed by atoms with van der Waals surface area (Å²) in [6.07, 6.45) is 0.515. The minimum absolute atomic E-state index is 0.185. The number of thiazole rings is 1. The average Bonchev–Trinajstić information content (AvgIpc) is 3.19. The van der Waals surface area contributed by atoms with Crippen LogP contribution in [0.15, 0.2) is 36.4 Å². The third kappa shape index (κ3) is 5.70. The van der Waals surface area contributed by atoms with Gasteiger partial charge in [-0.1, -0.05) is 24.3 Å². The highest BCUT2D eigenvalue weighted by Gasteiger charge is 2.25. The highest BCUT2D eigenvalue weighted by atomic mass is 32.1. The van der Waals surface area contributed by atoms with Crippen LogP contribution in [0, 0.1) is 20.8 Å². The zero-order chi connectivity index (χ0) is 24.1. The molecule has 0 bridgehead atoms. The van der Waals surface area contributed by atoms with Crippen LogP contribution in [0.25, 0.3) is 10.4 Å². The number of nitrogens with zero attached hydrogens (tertiary/aromatic N) is 2. The first kappa shape index (κ1) is 24.3. The van der Waals surface area contributed by atoms with E-state index in [0.29, 0.717) is 30.2 Å². The Labute approximate surface area is 198 Å². The van der Waals surface area contributed by atoms with E-state index >= 15 is 0 Å². The number of rotatable bonds is 9. The van der Waals surface area contributed by atoms with Crippen molar-refractivity contribution in [2.45, 2.75) is 27.2 Å². The summed E-state index contributed by atoms with van der Waals surface area (Å²) < 4.78 is 10.6. The van der Waals surface area contributed by atoms with Crippen LogP contribution in [0.5, 0.6) is 11.5 Å². The van der Waals surface area contributed by atoms with Crippen molar-refractivity contribution in [3.05, 3.63) is 63.8 Å². The Kier molecular flexibility index (Phi) is 7.71. The zero-order valence-corrected chi connectivity index (χ0v) is 20.4. The molecule has 0 saturated carbocycles. The number of aryl methyl sites for hydroxylation is 3. The van der Waals surface area contributed by atoms with E-state index in [2.05, 4.69) is 11.1 Å². The van der Waals surface area contributed by atoms with Gasteiger partial charge in [0.25, 0.3) is 5.91 Å². The van der Waals surface area contributed by atoms with E-state index in [1.807, 2.05) is 51.1 Å². The molecule has 2 amide bonds. The normalized spacial score (nSPS) is 10.7. The molecule has 2 aromatic carbocycles. The van der Waals surface area contributed by atoms with Crippen LogP contribution < -0.4 is 15.2 Å². The number of ether oxygens (including phenoxy) is 2. The summed E-state index contributed by atoms with van der Waals surface area (Å²) in [7, 11) is 3.15. The third-order valence-corrected chi connectivity index (χ3v) is 6.48. The van der Waals surface area contributed by atoms with Crippen molar-refractivity contribution in [3.63, 3.8) is 0 Å². The molecule has 0 aliphatic rings. The number of aromatic nitrogens is 1. The van der Waals surface area contributed by atoms with Gasteiger partial charge >= 0.3 is 0 Å². The summed E-state index contributed by atoms with van der Waals surface area (Å²) in [5, 5.41) is 0.783. The van der Waals surface area contributed by atoms with Gasteiger partial charge in [0.1, 0.15) is 5.69 Å². The summed E-state index contributed by atoms with van der Waals surface area (Å²) >= 11 is 1.46. The topological polar surface area (TPSA) is 94.8 Å². The molecule has 1 aromatic heterocycles. The lowest BCUT2D eigenvalue weighted by molar-refractivity contribution is -0.118. The maximum Gasteiger partial charge on any atom is 0.274 e. The molecule has 0 saturated heterocycles. The van der Waals surface area contributed by atoms with Crippen LogP contribution in [0.2, 0.25) is 0 Å². The Morgan fingerprint density at radius 1 is 1.00 bits per heavy atom. The van der Waals surface area contributed by atoms with Gasteiger partial charge in [0.2, 0.25) is 5.91 Å². The molecule has 2 N–H and O–H groups in total. The van der Waals surface area contributed by atoms with Gasteiger partial charge in [0, 0.05) is 6.54 Å². The Bertz CT molecular complexity index is 1170. The number of nitrogens with two attached hydrogens (primary N) is 1. The molecule has 0 radical (unpaired) electrons. The number of carbonyl (C=O) groups is 2. The summed E-state index contributed by atoms with van der Waals surface area (Å²) in [5.41, 5.74) is 10.0. The second-order valence-corrected chi connectivity index (χ2v) is 9.05. The van der Waals surface area contributed by atoms with E-state index in [1.165, 1.54) is 21.8 Å². The van der Waals surface area contributed by atoms with Gasteiger partial charge in [-0.2, -0.15) is 0 Å². The number of hydrogen-bond acceptors (Lipinski definition) is 6. The molecule has 0 aliphatic carbocycles. The highest BCUT2D eigenvalue weighted by Crippen LogP contribution is 2.32. The fourth-order valence-electron chi connectivity index (χ4n) is 3.54. The first-order valence-corrected chi connectivity index (χ1v) is 11.4. The lowest BCUT2D eigenvalue weighted by atomic mass is 10.0. The molecular formula is C25H29N3O4S. The van der Waals surface area contributed by atoms with Crippen LogP contribution >= 0.6 is 11.3 Å². The van der Waals surface area contributed by atoms with Crippen LogP contribution in [0.3, 0.4) is 0 Å². The van der Waals surface area contributed by atoms with Crippen molar-refractivity contribution >= 4 is 23.2 Å². The Balaban J connectivity index is 1.89. The molecule has 174 valence electrons. The largest absolute Gasteiger partial charge is 0.493 e. The van der Waals surface area contributed by atoms with Crippen LogP contribution in [0.1, 0.15) is 32.2 Å². The van der Waals surface area contributed by atoms with Gasteiger partial charge < -0.3 is 20.1 Å². The van der Waals surface area contributed by atoms with Gasteiger partial charge in [0.15, 0.2) is 11.5 Å². The summed E-state index contributed by atoms with van der Waals surface area (Å²) in [5.74, 6) is 0.347. The van der Waals surface area contributed by atoms with Gasteiger partial charge in [-0.25, -0.2) is 4.98 Å². The maximum absolute atomic E-state index is 13.5. The van der Waals surface area contributed by atoms with E-state index in [9.17, 15) is 9.59 Å². The smallest absolute Gasteiger partial charge is 0.274 e. The number of amides is 2. The second-order valence-electron chi connectivity index (χ2n) is 7.84. The first-order valence-electron chi connectivity index (χ1n) is 10.6. The van der Waals surface area contributed by atoms with Crippen molar-refractivity contribution < 1.29 is 19.1 Å². The molecule has 0 fully saturated rings. The van der Waals surface area contributed by atoms with E-state index in [-0.39, 0.29) is 12.5 Å². The van der Waals surface area contributed by atoms with Gasteiger partial charge in [-0.3, -0.25) is 9.59 Å². The monoisotopic (exact) mass is 467 g/mol. The fraction of sp³-hybridized carbons (Fsp3) is 0.320. The Morgan fingerprint density at radius 3 is 2.36 bits per heavy atom. The molecule has 0 spiro atoms. The second kappa shape index (κ2) is 10.5.